The van der Waals surface area contributed by atoms with E-state index in [-0.39, 0.29) is 16.8 Å². The summed E-state index contributed by atoms with van der Waals surface area (Å²) in [7, 11) is -3.61. The maximum atomic E-state index is 12.6. The predicted octanol–water partition coefficient (Wildman–Crippen LogP) is 1.48. The number of sulfonamides is 1. The van der Waals surface area contributed by atoms with Crippen molar-refractivity contribution in [2.75, 3.05) is 6.54 Å². The first kappa shape index (κ1) is 14.5. The van der Waals surface area contributed by atoms with E-state index in [9.17, 15) is 13.2 Å². The summed E-state index contributed by atoms with van der Waals surface area (Å²) >= 11 is 1.23. The van der Waals surface area contributed by atoms with Gasteiger partial charge in [-0.3, -0.25) is 4.79 Å². The van der Waals surface area contributed by atoms with E-state index in [4.69, 9.17) is 5.73 Å². The van der Waals surface area contributed by atoms with Gasteiger partial charge in [0, 0.05) is 10.9 Å². The minimum absolute atomic E-state index is 0.0973. The fourth-order valence-corrected chi connectivity index (χ4v) is 5.49. The van der Waals surface area contributed by atoms with Gasteiger partial charge in [-0.1, -0.05) is 12.8 Å². The molecule has 1 aliphatic rings. The summed E-state index contributed by atoms with van der Waals surface area (Å²) in [5.74, 6) is -0.608. The van der Waals surface area contributed by atoms with Gasteiger partial charge in [0.25, 0.3) is 10.0 Å². The highest BCUT2D eigenvalue weighted by Gasteiger charge is 2.34. The third-order valence-corrected chi connectivity index (χ3v) is 6.69. The van der Waals surface area contributed by atoms with E-state index in [0.717, 1.165) is 30.6 Å². The molecule has 0 saturated heterocycles. The molecule has 106 valence electrons. The Hall–Kier alpha value is -0.920. The molecule has 1 fully saturated rings. The first-order chi connectivity index (χ1) is 8.91. The van der Waals surface area contributed by atoms with Gasteiger partial charge in [0.1, 0.15) is 4.21 Å². The first-order valence-electron chi connectivity index (χ1n) is 6.28. The van der Waals surface area contributed by atoms with Crippen LogP contribution in [0, 0.1) is 6.92 Å². The highest BCUT2D eigenvalue weighted by molar-refractivity contribution is 7.91. The highest BCUT2D eigenvalue weighted by Crippen LogP contribution is 2.31. The van der Waals surface area contributed by atoms with Crippen LogP contribution >= 0.6 is 11.3 Å². The Bertz CT molecular complexity index is 559. The lowest BCUT2D eigenvalue weighted by molar-refractivity contribution is -0.118. The van der Waals surface area contributed by atoms with Crippen LogP contribution in [0.1, 0.15) is 30.6 Å². The summed E-state index contributed by atoms with van der Waals surface area (Å²) < 4.78 is 26.8. The lowest BCUT2D eigenvalue weighted by atomic mass is 10.2. The van der Waals surface area contributed by atoms with Gasteiger partial charge in [0.05, 0.1) is 6.54 Å². The number of amides is 1. The van der Waals surface area contributed by atoms with Gasteiger partial charge in [-0.15, -0.1) is 11.3 Å². The second-order valence-electron chi connectivity index (χ2n) is 4.82. The van der Waals surface area contributed by atoms with Crippen molar-refractivity contribution in [2.24, 2.45) is 5.73 Å². The van der Waals surface area contributed by atoms with Gasteiger partial charge in [-0.05, 0) is 31.9 Å². The first-order valence-corrected chi connectivity index (χ1v) is 8.53. The molecule has 1 heterocycles. The van der Waals surface area contributed by atoms with Crippen molar-refractivity contribution in [1.82, 2.24) is 4.31 Å². The van der Waals surface area contributed by atoms with E-state index in [1.165, 1.54) is 15.6 Å². The summed E-state index contributed by atoms with van der Waals surface area (Å²) in [6.45, 7) is 1.63. The molecule has 0 radical (unpaired) electrons. The number of nitrogens with two attached hydrogens (primary N) is 1. The molecule has 0 aliphatic heterocycles. The molecule has 0 bridgehead atoms. The lowest BCUT2D eigenvalue weighted by Gasteiger charge is -2.26. The summed E-state index contributed by atoms with van der Waals surface area (Å²) in [6, 6.07) is 3.27. The zero-order valence-electron chi connectivity index (χ0n) is 10.8. The molecule has 0 spiro atoms. The van der Waals surface area contributed by atoms with Crippen LogP contribution in [0.25, 0.3) is 0 Å². The molecule has 1 aliphatic carbocycles. The van der Waals surface area contributed by atoms with Gasteiger partial charge in [0.15, 0.2) is 0 Å². The van der Waals surface area contributed by atoms with E-state index >= 15 is 0 Å². The summed E-state index contributed by atoms with van der Waals surface area (Å²) in [5.41, 5.74) is 5.20. The Morgan fingerprint density at radius 3 is 2.53 bits per heavy atom. The zero-order valence-corrected chi connectivity index (χ0v) is 12.5. The van der Waals surface area contributed by atoms with Crippen molar-refractivity contribution in [1.29, 1.82) is 0 Å². The van der Waals surface area contributed by atoms with Crippen LogP contribution in [0.15, 0.2) is 16.3 Å². The molecule has 1 aromatic heterocycles. The largest absolute Gasteiger partial charge is 0.369 e. The van der Waals surface area contributed by atoms with Gasteiger partial charge >= 0.3 is 0 Å². The molecule has 0 aromatic carbocycles. The number of rotatable bonds is 5. The van der Waals surface area contributed by atoms with Crippen LogP contribution in [-0.2, 0) is 14.8 Å². The Morgan fingerprint density at radius 2 is 2.05 bits per heavy atom. The minimum Gasteiger partial charge on any atom is -0.369 e. The Balaban J connectivity index is 2.33. The number of primary amides is 1. The van der Waals surface area contributed by atoms with E-state index in [1.54, 1.807) is 12.1 Å². The van der Waals surface area contributed by atoms with E-state index in [1.807, 2.05) is 6.92 Å². The zero-order chi connectivity index (χ0) is 14.0. The summed E-state index contributed by atoms with van der Waals surface area (Å²) in [6.07, 6.45) is 3.60. The summed E-state index contributed by atoms with van der Waals surface area (Å²) in [4.78, 5) is 12.1. The molecule has 19 heavy (non-hydrogen) atoms. The van der Waals surface area contributed by atoms with Crippen LogP contribution < -0.4 is 5.73 Å². The van der Waals surface area contributed by atoms with Crippen molar-refractivity contribution in [3.8, 4) is 0 Å². The molecule has 7 heteroatoms. The minimum atomic E-state index is -3.61. The molecule has 1 aromatic rings. The Labute approximate surface area is 117 Å². The third-order valence-electron chi connectivity index (χ3n) is 3.32. The van der Waals surface area contributed by atoms with Crippen molar-refractivity contribution < 1.29 is 13.2 Å². The molecular formula is C12H18N2O3S2. The molecule has 1 amide bonds. The number of carbonyl (C=O) groups excluding carboxylic acids is 1. The number of thiophene rings is 1. The SMILES string of the molecule is Cc1ccc(S(=O)(=O)N(CC(N)=O)C2CCCC2)s1. The number of nitrogens with zero attached hydrogens (tertiary/aromatic N) is 1. The Morgan fingerprint density at radius 1 is 1.42 bits per heavy atom. The van der Waals surface area contributed by atoms with Crippen LogP contribution in [0.3, 0.4) is 0 Å². The molecule has 2 rings (SSSR count). The molecular weight excluding hydrogens is 284 g/mol. The standard InChI is InChI=1S/C12H18N2O3S2/c1-9-6-7-12(18-9)19(16,17)14(8-11(13)15)10-4-2-3-5-10/h6-7,10H,2-5,8H2,1H3,(H2,13,15). The average Bonchev–Trinajstić information content (AvgIpc) is 2.96. The van der Waals surface area contributed by atoms with Crippen molar-refractivity contribution in [3.05, 3.63) is 17.0 Å². The fraction of sp³-hybridized carbons (Fsp3) is 0.583. The maximum Gasteiger partial charge on any atom is 0.253 e. The molecule has 1 saturated carbocycles. The van der Waals surface area contributed by atoms with Crippen LogP contribution in [0.4, 0.5) is 0 Å². The third kappa shape index (κ3) is 3.16. The molecule has 0 atom stereocenters. The fourth-order valence-electron chi connectivity index (χ4n) is 2.42. The van der Waals surface area contributed by atoms with Crippen LogP contribution in [0.5, 0.6) is 0 Å². The number of hydrogen-bond acceptors (Lipinski definition) is 4. The van der Waals surface area contributed by atoms with Crippen molar-refractivity contribution in [2.45, 2.75) is 42.9 Å². The molecule has 2 N–H and O–H groups in total. The number of carbonyl (C=O) groups is 1. The molecule has 0 unspecified atom stereocenters. The van der Waals surface area contributed by atoms with Crippen molar-refractivity contribution >= 4 is 27.3 Å². The normalized spacial score (nSPS) is 17.2. The predicted molar refractivity (Wildman–Crippen MR) is 74.4 cm³/mol. The monoisotopic (exact) mass is 302 g/mol. The van der Waals surface area contributed by atoms with Crippen LogP contribution in [0.2, 0.25) is 0 Å². The van der Waals surface area contributed by atoms with Gasteiger partial charge < -0.3 is 5.73 Å². The maximum absolute atomic E-state index is 12.6. The van der Waals surface area contributed by atoms with Gasteiger partial charge in [-0.2, -0.15) is 4.31 Å². The summed E-state index contributed by atoms with van der Waals surface area (Å²) in [5, 5.41) is 0. The van der Waals surface area contributed by atoms with E-state index in [2.05, 4.69) is 0 Å². The average molecular weight is 302 g/mol. The van der Waals surface area contributed by atoms with Gasteiger partial charge in [-0.25, -0.2) is 8.42 Å². The second-order valence-corrected chi connectivity index (χ2v) is 8.23. The second kappa shape index (κ2) is 5.60. The number of aryl methyl sites for hydroxylation is 1. The van der Waals surface area contributed by atoms with Crippen molar-refractivity contribution in [3.63, 3.8) is 0 Å². The highest BCUT2D eigenvalue weighted by atomic mass is 32.2. The van der Waals surface area contributed by atoms with Crippen LogP contribution in [-0.4, -0.2) is 31.2 Å². The topological polar surface area (TPSA) is 80.5 Å². The quantitative estimate of drug-likeness (QED) is 0.894. The molecule has 5 nitrogen and oxygen atoms in total. The number of hydrogen-bond donors (Lipinski definition) is 1. The lowest BCUT2D eigenvalue weighted by Crippen LogP contribution is -2.43. The van der Waals surface area contributed by atoms with E-state index in [0.29, 0.717) is 0 Å². The smallest absolute Gasteiger partial charge is 0.253 e. The van der Waals surface area contributed by atoms with E-state index < -0.39 is 15.9 Å². The van der Waals surface area contributed by atoms with Gasteiger partial charge in [0.2, 0.25) is 5.91 Å². The Kier molecular flexibility index (Phi) is 4.27.